The third kappa shape index (κ3) is 4.31. The molecular formula is C17H23N3O3. The minimum Gasteiger partial charge on any atom is -0.490 e. The van der Waals surface area contributed by atoms with Gasteiger partial charge in [-0.3, -0.25) is 9.58 Å². The molecule has 3 rings (SSSR count). The molecule has 0 amide bonds. The number of para-hydroxylation sites is 1. The van der Waals surface area contributed by atoms with Crippen molar-refractivity contribution < 1.29 is 14.6 Å². The lowest BCUT2D eigenvalue weighted by Crippen LogP contribution is -2.42. The number of nitrogens with zero attached hydrogens (tertiary/aromatic N) is 3. The van der Waals surface area contributed by atoms with Crippen LogP contribution in [0.3, 0.4) is 0 Å². The Morgan fingerprint density at radius 1 is 1.30 bits per heavy atom. The van der Waals surface area contributed by atoms with Gasteiger partial charge in [0.15, 0.2) is 0 Å². The second-order valence-corrected chi connectivity index (χ2v) is 5.78. The molecule has 1 aliphatic rings. The molecule has 0 saturated carbocycles. The molecule has 6 nitrogen and oxygen atoms in total. The zero-order valence-corrected chi connectivity index (χ0v) is 13.4. The first-order chi connectivity index (χ1) is 11.2. The molecule has 1 aromatic heterocycles. The maximum absolute atomic E-state index is 10.2. The molecule has 2 aromatic rings. The van der Waals surface area contributed by atoms with Crippen LogP contribution in [0.4, 0.5) is 0 Å². The SMILES string of the molecule is Cn1cc(-c2ccccc2OC[C@@H](O)CN2CCOCC2)cn1. The van der Waals surface area contributed by atoms with Gasteiger partial charge in [-0.25, -0.2) is 0 Å². The highest BCUT2D eigenvalue weighted by atomic mass is 16.5. The predicted molar refractivity (Wildman–Crippen MR) is 87.4 cm³/mol. The predicted octanol–water partition coefficient (Wildman–Crippen LogP) is 1.16. The van der Waals surface area contributed by atoms with Crippen LogP contribution in [-0.2, 0) is 11.8 Å². The molecule has 1 fully saturated rings. The molecule has 0 bridgehead atoms. The number of ether oxygens (including phenoxy) is 2. The highest BCUT2D eigenvalue weighted by molar-refractivity contribution is 5.69. The molecule has 2 heterocycles. The summed E-state index contributed by atoms with van der Waals surface area (Å²) in [6, 6.07) is 7.83. The van der Waals surface area contributed by atoms with Crippen molar-refractivity contribution >= 4 is 0 Å². The molecular weight excluding hydrogens is 294 g/mol. The molecule has 1 saturated heterocycles. The molecule has 1 aromatic carbocycles. The van der Waals surface area contributed by atoms with Gasteiger partial charge in [0.05, 0.1) is 19.4 Å². The van der Waals surface area contributed by atoms with E-state index >= 15 is 0 Å². The van der Waals surface area contributed by atoms with Gasteiger partial charge in [-0.1, -0.05) is 18.2 Å². The minimum absolute atomic E-state index is 0.272. The lowest BCUT2D eigenvalue weighted by Gasteiger charge is -2.28. The highest BCUT2D eigenvalue weighted by Crippen LogP contribution is 2.29. The number of rotatable bonds is 6. The van der Waals surface area contributed by atoms with Gasteiger partial charge in [0.2, 0.25) is 0 Å². The van der Waals surface area contributed by atoms with Crippen LogP contribution in [0.1, 0.15) is 0 Å². The van der Waals surface area contributed by atoms with E-state index in [2.05, 4.69) is 10.00 Å². The van der Waals surface area contributed by atoms with Crippen molar-refractivity contribution in [3.8, 4) is 16.9 Å². The topological polar surface area (TPSA) is 59.8 Å². The Morgan fingerprint density at radius 2 is 2.09 bits per heavy atom. The van der Waals surface area contributed by atoms with E-state index in [0.717, 1.165) is 43.2 Å². The smallest absolute Gasteiger partial charge is 0.127 e. The minimum atomic E-state index is -0.518. The van der Waals surface area contributed by atoms with Crippen LogP contribution in [0.25, 0.3) is 11.1 Å². The molecule has 0 aliphatic carbocycles. The number of aromatic nitrogens is 2. The van der Waals surface area contributed by atoms with Gasteiger partial charge in [0, 0.05) is 44.0 Å². The summed E-state index contributed by atoms with van der Waals surface area (Å²) in [6.07, 6.45) is 3.24. The van der Waals surface area contributed by atoms with E-state index in [4.69, 9.17) is 9.47 Å². The largest absolute Gasteiger partial charge is 0.490 e. The number of benzene rings is 1. The third-order valence-corrected chi connectivity index (χ3v) is 3.91. The summed E-state index contributed by atoms with van der Waals surface area (Å²) in [4.78, 5) is 2.20. The number of β-amino-alcohol motifs (C(OH)–C–C–N with tert-alkyl or cyclic N) is 1. The molecule has 1 atom stereocenters. The maximum Gasteiger partial charge on any atom is 0.127 e. The number of aliphatic hydroxyl groups excluding tert-OH is 1. The van der Waals surface area contributed by atoms with Gasteiger partial charge in [0.25, 0.3) is 0 Å². The second kappa shape index (κ2) is 7.59. The second-order valence-electron chi connectivity index (χ2n) is 5.78. The van der Waals surface area contributed by atoms with E-state index < -0.39 is 6.10 Å². The molecule has 0 unspecified atom stereocenters. The van der Waals surface area contributed by atoms with Crippen molar-refractivity contribution in [3.05, 3.63) is 36.7 Å². The van der Waals surface area contributed by atoms with Crippen molar-refractivity contribution in [2.24, 2.45) is 7.05 Å². The number of aryl methyl sites for hydroxylation is 1. The van der Waals surface area contributed by atoms with E-state index in [1.807, 2.05) is 43.7 Å². The summed E-state index contributed by atoms with van der Waals surface area (Å²) < 4.78 is 12.9. The van der Waals surface area contributed by atoms with Crippen molar-refractivity contribution in [1.29, 1.82) is 0 Å². The Balaban J connectivity index is 1.59. The van der Waals surface area contributed by atoms with Crippen LogP contribution in [0, 0.1) is 0 Å². The van der Waals surface area contributed by atoms with E-state index in [1.54, 1.807) is 4.68 Å². The summed E-state index contributed by atoms with van der Waals surface area (Å²) in [7, 11) is 1.89. The Kier molecular flexibility index (Phi) is 5.27. The Bertz CT molecular complexity index is 623. The van der Waals surface area contributed by atoms with Crippen LogP contribution < -0.4 is 4.74 Å². The first-order valence-corrected chi connectivity index (χ1v) is 7.91. The Morgan fingerprint density at radius 3 is 2.83 bits per heavy atom. The fourth-order valence-electron chi connectivity index (χ4n) is 2.71. The summed E-state index contributed by atoms with van der Waals surface area (Å²) >= 11 is 0. The summed E-state index contributed by atoms with van der Waals surface area (Å²) in [6.45, 7) is 4.08. The lowest BCUT2D eigenvalue weighted by molar-refractivity contribution is 0.00471. The van der Waals surface area contributed by atoms with Gasteiger partial charge in [-0.05, 0) is 6.07 Å². The van der Waals surface area contributed by atoms with Gasteiger partial charge in [-0.2, -0.15) is 5.10 Å². The lowest BCUT2D eigenvalue weighted by atomic mass is 10.1. The van der Waals surface area contributed by atoms with Crippen LogP contribution >= 0.6 is 0 Å². The zero-order valence-electron chi connectivity index (χ0n) is 13.4. The van der Waals surface area contributed by atoms with Crippen molar-refractivity contribution in [2.45, 2.75) is 6.10 Å². The van der Waals surface area contributed by atoms with Crippen LogP contribution in [0.2, 0.25) is 0 Å². The third-order valence-electron chi connectivity index (χ3n) is 3.91. The monoisotopic (exact) mass is 317 g/mol. The van der Waals surface area contributed by atoms with E-state index in [9.17, 15) is 5.11 Å². The first kappa shape index (κ1) is 16.0. The van der Waals surface area contributed by atoms with Crippen LogP contribution in [0.15, 0.2) is 36.7 Å². The van der Waals surface area contributed by atoms with Gasteiger partial charge in [-0.15, -0.1) is 0 Å². The fraction of sp³-hybridized carbons (Fsp3) is 0.471. The average Bonchev–Trinajstić information content (AvgIpc) is 3.00. The van der Waals surface area contributed by atoms with Crippen LogP contribution in [-0.4, -0.2) is 65.3 Å². The zero-order chi connectivity index (χ0) is 16.1. The highest BCUT2D eigenvalue weighted by Gasteiger charge is 2.16. The van der Waals surface area contributed by atoms with Crippen molar-refractivity contribution in [1.82, 2.24) is 14.7 Å². The molecule has 124 valence electrons. The summed E-state index contributed by atoms with van der Waals surface area (Å²) in [5.74, 6) is 0.765. The number of aliphatic hydroxyl groups is 1. The van der Waals surface area contributed by atoms with Crippen molar-refractivity contribution in [2.75, 3.05) is 39.5 Å². The molecule has 6 heteroatoms. The molecule has 0 spiro atoms. The first-order valence-electron chi connectivity index (χ1n) is 7.91. The van der Waals surface area contributed by atoms with Crippen LogP contribution in [0.5, 0.6) is 5.75 Å². The number of hydrogen-bond donors (Lipinski definition) is 1. The van der Waals surface area contributed by atoms with E-state index in [-0.39, 0.29) is 6.61 Å². The maximum atomic E-state index is 10.2. The summed E-state index contributed by atoms with van der Waals surface area (Å²) in [5.41, 5.74) is 1.99. The Hall–Kier alpha value is -1.89. The normalized spacial score (nSPS) is 17.1. The molecule has 23 heavy (non-hydrogen) atoms. The van der Waals surface area contributed by atoms with Gasteiger partial charge in [0.1, 0.15) is 18.5 Å². The average molecular weight is 317 g/mol. The van der Waals surface area contributed by atoms with Gasteiger partial charge < -0.3 is 14.6 Å². The quantitative estimate of drug-likeness (QED) is 0.866. The molecule has 0 radical (unpaired) electrons. The van der Waals surface area contributed by atoms with Gasteiger partial charge >= 0.3 is 0 Å². The number of hydrogen-bond acceptors (Lipinski definition) is 5. The molecule has 1 aliphatic heterocycles. The van der Waals surface area contributed by atoms with E-state index in [0.29, 0.717) is 6.54 Å². The summed E-state index contributed by atoms with van der Waals surface area (Å²) in [5, 5.41) is 14.4. The molecule has 1 N–H and O–H groups in total. The Labute approximate surface area is 136 Å². The van der Waals surface area contributed by atoms with Crippen molar-refractivity contribution in [3.63, 3.8) is 0 Å². The fourth-order valence-corrected chi connectivity index (χ4v) is 2.71. The number of morpholine rings is 1. The standard InChI is InChI=1S/C17H23N3O3/c1-19-11-14(10-18-19)16-4-2-3-5-17(16)23-13-15(21)12-20-6-8-22-9-7-20/h2-5,10-11,15,21H,6-9,12-13H2,1H3/t15-/m0/s1. The van der Waals surface area contributed by atoms with E-state index in [1.165, 1.54) is 0 Å².